The molecular weight excluding hydrogens is 386 g/mol. The number of sulfonamides is 1. The minimum absolute atomic E-state index is 0.0496. The third kappa shape index (κ3) is 3.59. The maximum Gasteiger partial charge on any atom is 0.244 e. The highest BCUT2D eigenvalue weighted by molar-refractivity contribution is 7.89. The van der Waals surface area contributed by atoms with Crippen LogP contribution in [0.25, 0.3) is 0 Å². The molecule has 1 aromatic heterocycles. The van der Waals surface area contributed by atoms with Gasteiger partial charge in [-0.15, -0.1) is 0 Å². The molecule has 8 heteroatoms. The van der Waals surface area contributed by atoms with Gasteiger partial charge in [0.05, 0.1) is 0 Å². The molecule has 0 N–H and O–H groups in total. The number of halogens is 1. The van der Waals surface area contributed by atoms with Crippen LogP contribution in [0, 0.1) is 5.92 Å². The summed E-state index contributed by atoms with van der Waals surface area (Å²) in [6.45, 7) is 1.41. The number of piperazine rings is 1. The molecule has 0 bridgehead atoms. The molecule has 1 saturated heterocycles. The van der Waals surface area contributed by atoms with Crippen LogP contribution in [0.4, 0.5) is 0 Å². The monoisotopic (exact) mass is 405 g/mol. The molecule has 2 heterocycles. The smallest absolute Gasteiger partial charge is 0.244 e. The first-order chi connectivity index (χ1) is 13.0. The molecule has 2 atom stereocenters. The molecule has 2 fully saturated rings. The zero-order valence-electron chi connectivity index (χ0n) is 14.7. The number of benzene rings is 1. The number of amides is 1. The highest BCUT2D eigenvalue weighted by Crippen LogP contribution is 2.50. The standard InChI is InChI=1S/C19H20ClN3O3S/c20-18-6-2-1-5-15(18)16-12-17(16)19(24)22-8-10-23(11-9-22)27(25,26)14-4-3-7-21-13-14/h1-7,13,16-17H,8-12H2. The average Bonchev–Trinajstić information content (AvgIpc) is 3.49. The maximum atomic E-state index is 12.8. The number of nitrogens with zero attached hydrogens (tertiary/aromatic N) is 3. The molecule has 0 spiro atoms. The summed E-state index contributed by atoms with van der Waals surface area (Å²) in [6, 6.07) is 10.8. The van der Waals surface area contributed by atoms with Gasteiger partial charge in [-0.05, 0) is 36.1 Å². The van der Waals surface area contributed by atoms with Crippen LogP contribution < -0.4 is 0 Å². The first kappa shape index (κ1) is 18.4. The van der Waals surface area contributed by atoms with E-state index in [0.717, 1.165) is 12.0 Å². The van der Waals surface area contributed by atoms with E-state index < -0.39 is 10.0 Å². The summed E-state index contributed by atoms with van der Waals surface area (Å²) in [5.41, 5.74) is 1.02. The summed E-state index contributed by atoms with van der Waals surface area (Å²) in [6.07, 6.45) is 3.70. The van der Waals surface area contributed by atoms with Gasteiger partial charge in [-0.3, -0.25) is 9.78 Å². The summed E-state index contributed by atoms with van der Waals surface area (Å²) in [4.78, 5) is 18.6. The molecule has 142 valence electrons. The van der Waals surface area contributed by atoms with E-state index >= 15 is 0 Å². The molecule has 6 nitrogen and oxygen atoms in total. The Morgan fingerprint density at radius 2 is 1.81 bits per heavy atom. The number of hydrogen-bond donors (Lipinski definition) is 0. The molecule has 1 aromatic carbocycles. The Morgan fingerprint density at radius 1 is 1.07 bits per heavy atom. The maximum absolute atomic E-state index is 12.8. The van der Waals surface area contributed by atoms with Crippen molar-refractivity contribution < 1.29 is 13.2 Å². The number of pyridine rings is 1. The molecule has 0 radical (unpaired) electrons. The molecule has 1 aliphatic heterocycles. The van der Waals surface area contributed by atoms with Gasteiger partial charge in [0, 0.05) is 49.5 Å². The van der Waals surface area contributed by atoms with Crippen molar-refractivity contribution in [3.05, 3.63) is 59.4 Å². The first-order valence-electron chi connectivity index (χ1n) is 8.92. The summed E-state index contributed by atoms with van der Waals surface area (Å²) in [7, 11) is -3.56. The lowest BCUT2D eigenvalue weighted by atomic mass is 10.1. The van der Waals surface area contributed by atoms with Crippen molar-refractivity contribution in [1.29, 1.82) is 0 Å². The second kappa shape index (κ2) is 7.22. The third-order valence-electron chi connectivity index (χ3n) is 5.23. The lowest BCUT2D eigenvalue weighted by molar-refractivity contribution is -0.133. The van der Waals surface area contributed by atoms with Crippen molar-refractivity contribution >= 4 is 27.5 Å². The topological polar surface area (TPSA) is 70.6 Å². The molecule has 2 aliphatic rings. The molecule has 4 rings (SSSR count). The van der Waals surface area contributed by atoms with Gasteiger partial charge in [0.15, 0.2) is 0 Å². The Morgan fingerprint density at radius 3 is 2.48 bits per heavy atom. The molecule has 2 aromatic rings. The second-order valence-corrected chi connectivity index (χ2v) is 9.23. The zero-order chi connectivity index (χ0) is 19.0. The summed E-state index contributed by atoms with van der Waals surface area (Å²) in [5.74, 6) is 0.216. The second-order valence-electron chi connectivity index (χ2n) is 6.89. The molecule has 2 unspecified atom stereocenters. The number of rotatable bonds is 4. The van der Waals surface area contributed by atoms with Gasteiger partial charge in [0.25, 0.3) is 0 Å². The number of hydrogen-bond acceptors (Lipinski definition) is 4. The van der Waals surface area contributed by atoms with Crippen molar-refractivity contribution in [2.24, 2.45) is 5.92 Å². The van der Waals surface area contributed by atoms with Crippen molar-refractivity contribution in [3.8, 4) is 0 Å². The minimum atomic E-state index is -3.56. The van der Waals surface area contributed by atoms with E-state index in [9.17, 15) is 13.2 Å². The van der Waals surface area contributed by atoms with Crippen LogP contribution in [0.2, 0.25) is 5.02 Å². The predicted octanol–water partition coefficient (Wildman–Crippen LogP) is 2.37. The van der Waals surface area contributed by atoms with Crippen LogP contribution >= 0.6 is 11.6 Å². The summed E-state index contributed by atoms with van der Waals surface area (Å²) >= 11 is 6.24. The fraction of sp³-hybridized carbons (Fsp3) is 0.368. The normalized spacial score (nSPS) is 23.2. The Balaban J connectivity index is 1.37. The van der Waals surface area contributed by atoms with Crippen LogP contribution in [0.15, 0.2) is 53.7 Å². The van der Waals surface area contributed by atoms with Crippen LogP contribution in [-0.4, -0.2) is 54.7 Å². The van der Waals surface area contributed by atoms with E-state index in [-0.39, 0.29) is 22.6 Å². The average molecular weight is 406 g/mol. The molecule has 27 heavy (non-hydrogen) atoms. The molecule has 1 saturated carbocycles. The zero-order valence-corrected chi connectivity index (χ0v) is 16.2. The SMILES string of the molecule is O=C(C1CC1c1ccccc1Cl)N1CCN(S(=O)(=O)c2cccnc2)CC1. The van der Waals surface area contributed by atoms with Crippen molar-refractivity contribution in [1.82, 2.24) is 14.2 Å². The molecular formula is C19H20ClN3O3S. The van der Waals surface area contributed by atoms with Crippen molar-refractivity contribution in [2.45, 2.75) is 17.2 Å². The molecule has 1 amide bonds. The van der Waals surface area contributed by atoms with E-state index in [1.54, 1.807) is 17.2 Å². The van der Waals surface area contributed by atoms with Gasteiger partial charge in [-0.2, -0.15) is 4.31 Å². The number of aromatic nitrogens is 1. The fourth-order valence-corrected chi connectivity index (χ4v) is 5.28. The quantitative estimate of drug-likeness (QED) is 0.783. The lowest BCUT2D eigenvalue weighted by Gasteiger charge is -2.34. The Bertz CT molecular complexity index is 944. The first-order valence-corrected chi connectivity index (χ1v) is 10.7. The number of carbonyl (C=O) groups excluding carboxylic acids is 1. The Hall–Kier alpha value is -1.96. The molecule has 1 aliphatic carbocycles. The highest BCUT2D eigenvalue weighted by atomic mass is 35.5. The van der Waals surface area contributed by atoms with E-state index in [1.807, 2.05) is 24.3 Å². The predicted molar refractivity (Wildman–Crippen MR) is 102 cm³/mol. The van der Waals surface area contributed by atoms with Gasteiger partial charge in [-0.25, -0.2) is 8.42 Å². The Kier molecular flexibility index (Phi) is 4.92. The van der Waals surface area contributed by atoms with Crippen LogP contribution in [-0.2, 0) is 14.8 Å². The van der Waals surface area contributed by atoms with Crippen LogP contribution in [0.3, 0.4) is 0 Å². The largest absolute Gasteiger partial charge is 0.340 e. The highest BCUT2D eigenvalue weighted by Gasteiger charge is 2.47. The summed E-state index contributed by atoms with van der Waals surface area (Å²) in [5, 5.41) is 0.699. The van der Waals surface area contributed by atoms with Crippen molar-refractivity contribution in [2.75, 3.05) is 26.2 Å². The van der Waals surface area contributed by atoms with Gasteiger partial charge in [-0.1, -0.05) is 29.8 Å². The van der Waals surface area contributed by atoms with Gasteiger partial charge >= 0.3 is 0 Å². The van der Waals surface area contributed by atoms with E-state index in [0.29, 0.717) is 31.2 Å². The lowest BCUT2D eigenvalue weighted by Crippen LogP contribution is -2.51. The third-order valence-corrected chi connectivity index (χ3v) is 7.46. The fourth-order valence-electron chi connectivity index (χ4n) is 3.62. The van der Waals surface area contributed by atoms with Crippen LogP contribution in [0.5, 0.6) is 0 Å². The van der Waals surface area contributed by atoms with Crippen LogP contribution in [0.1, 0.15) is 17.9 Å². The van der Waals surface area contributed by atoms with Gasteiger partial charge < -0.3 is 4.90 Å². The van der Waals surface area contributed by atoms with Gasteiger partial charge in [0.2, 0.25) is 15.9 Å². The summed E-state index contributed by atoms with van der Waals surface area (Å²) < 4.78 is 26.7. The minimum Gasteiger partial charge on any atom is -0.340 e. The van der Waals surface area contributed by atoms with Gasteiger partial charge in [0.1, 0.15) is 4.90 Å². The van der Waals surface area contributed by atoms with E-state index in [4.69, 9.17) is 11.6 Å². The van der Waals surface area contributed by atoms with Crippen molar-refractivity contribution in [3.63, 3.8) is 0 Å². The number of carbonyl (C=O) groups is 1. The van der Waals surface area contributed by atoms with E-state index in [2.05, 4.69) is 4.98 Å². The Labute approximate surface area is 163 Å². The van der Waals surface area contributed by atoms with E-state index in [1.165, 1.54) is 16.6 Å².